The van der Waals surface area contributed by atoms with E-state index in [4.69, 9.17) is 4.42 Å². The van der Waals surface area contributed by atoms with Crippen molar-refractivity contribution < 1.29 is 39.7 Å². The molecule has 0 aliphatic heterocycles. The Labute approximate surface area is 135 Å². The quantitative estimate of drug-likeness (QED) is 0.342. The van der Waals surface area contributed by atoms with Gasteiger partial charge in [-0.2, -0.15) is 21.6 Å². The maximum absolute atomic E-state index is 12.6. The van der Waals surface area contributed by atoms with E-state index in [1.807, 2.05) is 0 Å². The highest BCUT2D eigenvalue weighted by molar-refractivity contribution is 7.88. The van der Waals surface area contributed by atoms with Crippen molar-refractivity contribution in [3.05, 3.63) is 18.2 Å². The summed E-state index contributed by atoms with van der Waals surface area (Å²) in [4.78, 5) is 15.7. The highest BCUT2D eigenvalue weighted by atomic mass is 32.2. The second kappa shape index (κ2) is 6.34. The number of rotatable bonds is 5. The molecule has 2 aromatic rings. The first-order chi connectivity index (χ1) is 11.1. The van der Waals surface area contributed by atoms with Crippen LogP contribution in [-0.2, 0) is 14.9 Å². The summed E-state index contributed by atoms with van der Waals surface area (Å²) in [6.07, 6.45) is 2.42. The summed E-state index contributed by atoms with van der Waals surface area (Å²) < 4.78 is 74.3. The van der Waals surface area contributed by atoms with Gasteiger partial charge in [0, 0.05) is 12.4 Å². The summed E-state index contributed by atoms with van der Waals surface area (Å²) in [6.45, 7) is 3.09. The van der Waals surface area contributed by atoms with Gasteiger partial charge in [0.25, 0.3) is 5.76 Å². The number of carbonyl (C=O) groups excluding carboxylic acids is 1. The van der Waals surface area contributed by atoms with E-state index >= 15 is 0 Å². The van der Waals surface area contributed by atoms with Crippen LogP contribution in [0, 0.1) is 0 Å². The van der Waals surface area contributed by atoms with Crippen LogP contribution in [0.4, 0.5) is 13.2 Å². The number of ether oxygens (including phenoxy) is 1. The van der Waals surface area contributed by atoms with Gasteiger partial charge in [-0.05, 0) is 12.4 Å². The zero-order chi connectivity index (χ0) is 18.1. The molecule has 7 nitrogen and oxygen atoms in total. The predicted octanol–water partition coefficient (Wildman–Crippen LogP) is 1.34. The van der Waals surface area contributed by atoms with Crippen LogP contribution in [0.15, 0.2) is 16.8 Å². The molecular weight excluding hydrogens is 354 g/mol. The fraction of sp³-hybridized carbons (Fsp3) is 0.333. The van der Waals surface area contributed by atoms with Crippen LogP contribution in [0.1, 0.15) is 17.5 Å². The second-order valence-electron chi connectivity index (χ2n) is 4.49. The lowest BCUT2D eigenvalue weighted by atomic mass is 9.74. The Hall–Kier alpha value is -2.24. The van der Waals surface area contributed by atoms with Crippen molar-refractivity contribution in [1.82, 2.24) is 4.98 Å². The third-order valence-electron chi connectivity index (χ3n) is 2.94. The minimum atomic E-state index is -6.00. The number of aromatic nitrogens is 1. The van der Waals surface area contributed by atoms with Crippen LogP contribution in [-0.4, -0.2) is 38.8 Å². The zero-order valence-corrected chi connectivity index (χ0v) is 13.3. The number of alkyl halides is 3. The van der Waals surface area contributed by atoms with E-state index in [2.05, 4.69) is 13.9 Å². The topological polar surface area (TPSA) is 95.7 Å². The first kappa shape index (κ1) is 18.1. The fourth-order valence-electron chi connectivity index (χ4n) is 1.87. The van der Waals surface area contributed by atoms with Crippen molar-refractivity contribution in [2.24, 2.45) is 0 Å². The van der Waals surface area contributed by atoms with Crippen LogP contribution < -0.4 is 9.65 Å². The summed E-state index contributed by atoms with van der Waals surface area (Å²) in [5.41, 5.74) is -5.21. The van der Waals surface area contributed by atoms with Gasteiger partial charge in [0.1, 0.15) is 5.58 Å². The van der Waals surface area contributed by atoms with E-state index in [9.17, 15) is 26.4 Å². The van der Waals surface area contributed by atoms with E-state index in [1.54, 1.807) is 6.82 Å². The molecule has 2 rings (SSSR count). The fourth-order valence-corrected chi connectivity index (χ4v) is 2.35. The number of esters is 1. The molecule has 130 valence electrons. The number of hydrogen-bond donors (Lipinski definition) is 0. The van der Waals surface area contributed by atoms with Gasteiger partial charge in [-0.1, -0.05) is 6.82 Å². The van der Waals surface area contributed by atoms with Gasteiger partial charge in [0.15, 0.2) is 7.28 Å². The van der Waals surface area contributed by atoms with E-state index < -0.39 is 33.1 Å². The first-order valence-corrected chi connectivity index (χ1v) is 8.10. The van der Waals surface area contributed by atoms with Crippen LogP contribution in [0.3, 0.4) is 0 Å². The molecule has 24 heavy (non-hydrogen) atoms. The highest BCUT2D eigenvalue weighted by Gasteiger charge is 2.49. The summed E-state index contributed by atoms with van der Waals surface area (Å²) in [7, 11) is -5.62. The highest BCUT2D eigenvalue weighted by Crippen LogP contribution is 2.36. The van der Waals surface area contributed by atoms with Crippen LogP contribution in [0.5, 0.6) is 5.75 Å². The molecule has 0 aromatic carbocycles. The average molecular weight is 365 g/mol. The normalized spacial score (nSPS) is 12.2. The van der Waals surface area contributed by atoms with Crippen LogP contribution in [0.25, 0.3) is 11.0 Å². The Morgan fingerprint density at radius 1 is 1.38 bits per heavy atom. The van der Waals surface area contributed by atoms with E-state index in [-0.39, 0.29) is 17.6 Å². The van der Waals surface area contributed by atoms with Crippen molar-refractivity contribution in [3.8, 4) is 5.75 Å². The van der Waals surface area contributed by atoms with Gasteiger partial charge in [-0.25, -0.2) is 4.79 Å². The van der Waals surface area contributed by atoms with Gasteiger partial charge >= 0.3 is 21.6 Å². The molecule has 0 spiro atoms. The van der Waals surface area contributed by atoms with Crippen molar-refractivity contribution >= 4 is 39.8 Å². The lowest BCUT2D eigenvalue weighted by Gasteiger charge is -2.09. The number of fused-ring (bicyclic) bond motifs is 1. The Morgan fingerprint density at radius 2 is 2.04 bits per heavy atom. The average Bonchev–Trinajstić information content (AvgIpc) is 2.84. The van der Waals surface area contributed by atoms with Crippen LogP contribution >= 0.6 is 0 Å². The van der Waals surface area contributed by atoms with Gasteiger partial charge in [0.05, 0.1) is 12.0 Å². The third kappa shape index (κ3) is 3.18. The van der Waals surface area contributed by atoms with E-state index in [0.29, 0.717) is 12.7 Å². The molecule has 0 amide bonds. The molecule has 0 bridgehead atoms. The molecule has 0 aliphatic rings. The first-order valence-electron chi connectivity index (χ1n) is 6.69. The lowest BCUT2D eigenvalue weighted by Crippen LogP contribution is -2.28. The molecule has 0 unspecified atom stereocenters. The monoisotopic (exact) mass is 365 g/mol. The van der Waals surface area contributed by atoms with Crippen molar-refractivity contribution in [2.75, 3.05) is 6.61 Å². The Bertz CT molecular complexity index is 877. The molecule has 0 saturated heterocycles. The number of pyridine rings is 1. The van der Waals surface area contributed by atoms with Crippen LogP contribution in [0.2, 0.25) is 6.82 Å². The number of hydrogen-bond acceptors (Lipinski definition) is 7. The minimum absolute atomic E-state index is 0.00271. The van der Waals surface area contributed by atoms with Gasteiger partial charge in [-0.3, -0.25) is 4.98 Å². The van der Waals surface area contributed by atoms with E-state index in [1.165, 1.54) is 13.1 Å². The molecule has 2 heterocycles. The molecule has 0 radical (unpaired) electrons. The maximum atomic E-state index is 12.6. The van der Waals surface area contributed by atoms with E-state index in [0.717, 1.165) is 6.20 Å². The summed E-state index contributed by atoms with van der Waals surface area (Å²) in [5, 5.41) is -0.176. The molecule has 0 fully saturated rings. The predicted molar refractivity (Wildman–Crippen MR) is 78.2 cm³/mol. The molecule has 0 aliphatic carbocycles. The Balaban J connectivity index is 2.70. The number of carbonyl (C=O) groups is 1. The minimum Gasteiger partial charge on any atom is -0.460 e. The standard InChI is InChI=1S/C12H11BF3NO6S/c1-3-21-11(18)10-9(23-24(19,20)12(14,15)16)6-4-17-5-7(13-2)8(6)22-10/h4-5,13H,3H2,1-2H3. The maximum Gasteiger partial charge on any atom is 0.534 e. The molecule has 0 saturated carbocycles. The molecular formula is C12H11BF3NO6S. The number of halogens is 3. The Morgan fingerprint density at radius 3 is 2.58 bits per heavy atom. The van der Waals surface area contributed by atoms with Crippen molar-refractivity contribution in [1.29, 1.82) is 0 Å². The van der Waals surface area contributed by atoms with Gasteiger partial charge in [-0.15, -0.1) is 0 Å². The summed E-state index contributed by atoms with van der Waals surface area (Å²) in [6, 6.07) is 0. The van der Waals surface area contributed by atoms with Gasteiger partial charge < -0.3 is 13.3 Å². The summed E-state index contributed by atoms with van der Waals surface area (Å²) >= 11 is 0. The number of nitrogens with zero attached hydrogens (tertiary/aromatic N) is 1. The molecule has 2 aromatic heterocycles. The largest absolute Gasteiger partial charge is 0.534 e. The molecule has 12 heteroatoms. The van der Waals surface area contributed by atoms with Crippen molar-refractivity contribution in [3.63, 3.8) is 0 Å². The Kier molecular flexibility index (Phi) is 4.78. The lowest BCUT2D eigenvalue weighted by molar-refractivity contribution is -0.0500. The third-order valence-corrected chi connectivity index (χ3v) is 3.90. The summed E-state index contributed by atoms with van der Waals surface area (Å²) in [5.74, 6) is -2.82. The second-order valence-corrected chi connectivity index (χ2v) is 6.03. The molecule has 0 atom stereocenters. The molecule has 0 N–H and O–H groups in total. The SMILES string of the molecule is CBc1cncc2c(OS(=O)(=O)C(F)(F)F)c(C(=O)OCC)oc12. The van der Waals surface area contributed by atoms with Gasteiger partial charge in [0.2, 0.25) is 5.75 Å². The van der Waals surface area contributed by atoms with Crippen molar-refractivity contribution in [2.45, 2.75) is 19.3 Å². The smallest absolute Gasteiger partial charge is 0.460 e. The zero-order valence-electron chi connectivity index (χ0n) is 12.5. The number of furan rings is 1.